The lowest BCUT2D eigenvalue weighted by Crippen LogP contribution is -2.39. The monoisotopic (exact) mass is 460 g/mol. The highest BCUT2D eigenvalue weighted by Crippen LogP contribution is 2.49. The fourth-order valence-electron chi connectivity index (χ4n) is 4.33. The molecule has 4 aromatic rings. The molecule has 8 heteroatoms. The van der Waals surface area contributed by atoms with E-state index >= 15 is 0 Å². The third kappa shape index (κ3) is 3.19. The third-order valence-electron chi connectivity index (χ3n) is 5.95. The summed E-state index contributed by atoms with van der Waals surface area (Å²) >= 11 is 0. The highest BCUT2D eigenvalue weighted by molar-refractivity contribution is 7.89. The third-order valence-corrected chi connectivity index (χ3v) is 6.88. The highest BCUT2D eigenvalue weighted by atomic mass is 32.2. The van der Waals surface area contributed by atoms with E-state index in [1.54, 1.807) is 31.4 Å². The van der Waals surface area contributed by atoms with Crippen molar-refractivity contribution in [3.8, 4) is 5.75 Å². The van der Waals surface area contributed by atoms with Crippen molar-refractivity contribution in [1.29, 1.82) is 0 Å². The van der Waals surface area contributed by atoms with Crippen LogP contribution in [-0.4, -0.2) is 26.5 Å². The van der Waals surface area contributed by atoms with Crippen molar-refractivity contribution < 1.29 is 23.1 Å². The molecule has 0 saturated carbocycles. The molecule has 7 nitrogen and oxygen atoms in total. The van der Waals surface area contributed by atoms with E-state index in [0.29, 0.717) is 22.7 Å². The Morgan fingerprint density at radius 1 is 0.909 bits per heavy atom. The summed E-state index contributed by atoms with van der Waals surface area (Å²) < 4.78 is 28.6. The van der Waals surface area contributed by atoms with Gasteiger partial charge in [-0.05, 0) is 53.4 Å². The molecule has 166 valence electrons. The van der Waals surface area contributed by atoms with Crippen molar-refractivity contribution in [1.82, 2.24) is 0 Å². The Balaban J connectivity index is 1.70. The summed E-state index contributed by atoms with van der Waals surface area (Å²) in [6.45, 7) is 0. The molecule has 1 aliphatic heterocycles. The quantitative estimate of drug-likeness (QED) is 0.485. The lowest BCUT2D eigenvalue weighted by molar-refractivity contribution is -0.131. The number of nitrogens with zero attached hydrogens (tertiary/aromatic N) is 1. The number of anilines is 2. The van der Waals surface area contributed by atoms with Gasteiger partial charge in [-0.2, -0.15) is 0 Å². The minimum Gasteiger partial charge on any atom is -0.497 e. The Morgan fingerprint density at radius 3 is 2.30 bits per heavy atom. The average molecular weight is 461 g/mol. The summed E-state index contributed by atoms with van der Waals surface area (Å²) in [6.07, 6.45) is 0. The van der Waals surface area contributed by atoms with Crippen molar-refractivity contribution in [3.05, 3.63) is 96.1 Å². The molecular weight excluding hydrogens is 440 g/mol. The van der Waals surface area contributed by atoms with Gasteiger partial charge in [0.1, 0.15) is 5.75 Å². The summed E-state index contributed by atoms with van der Waals surface area (Å²) in [7, 11) is -2.32. The first-order valence-electron chi connectivity index (χ1n) is 10.1. The Bertz CT molecular complexity index is 1520. The summed E-state index contributed by atoms with van der Waals surface area (Å²) in [5.41, 5.74) is -0.184. The van der Waals surface area contributed by atoms with Gasteiger partial charge in [-0.1, -0.05) is 42.5 Å². The van der Waals surface area contributed by atoms with E-state index in [1.807, 2.05) is 36.4 Å². The largest absolute Gasteiger partial charge is 0.497 e. The summed E-state index contributed by atoms with van der Waals surface area (Å²) in [5.74, 6) is 0.134. The van der Waals surface area contributed by atoms with Crippen LogP contribution in [0.5, 0.6) is 5.75 Å². The lowest BCUT2D eigenvalue weighted by atomic mass is 9.87. The predicted octanol–water partition coefficient (Wildman–Crippen LogP) is 3.41. The molecule has 0 saturated heterocycles. The zero-order valence-corrected chi connectivity index (χ0v) is 18.4. The number of benzene rings is 4. The fourth-order valence-corrected chi connectivity index (χ4v) is 4.85. The van der Waals surface area contributed by atoms with Gasteiger partial charge in [-0.25, -0.2) is 13.6 Å². The number of hydrogen-bond donors (Lipinski definition) is 2. The standard InChI is InChI=1S/C25H20N2O5S/c1-32-18-11-14-20-16(15-18)5-4-8-22(20)27-23-7-3-2-6-21(23)25(29,24(27)28)17-9-12-19(13-10-17)33(26,30)31/h2-15,29H,1H3,(H2,26,30,31). The van der Waals surface area contributed by atoms with Crippen LogP contribution in [0.1, 0.15) is 11.1 Å². The number of fused-ring (bicyclic) bond motifs is 2. The Kier molecular flexibility index (Phi) is 4.75. The molecule has 0 radical (unpaired) electrons. The number of carbonyl (C=O) groups is 1. The van der Waals surface area contributed by atoms with Gasteiger partial charge in [-0.3, -0.25) is 9.69 Å². The number of hydrogen-bond acceptors (Lipinski definition) is 5. The van der Waals surface area contributed by atoms with Gasteiger partial charge in [-0.15, -0.1) is 0 Å². The first-order chi connectivity index (χ1) is 15.7. The van der Waals surface area contributed by atoms with Gasteiger partial charge >= 0.3 is 0 Å². The van der Waals surface area contributed by atoms with Gasteiger partial charge < -0.3 is 9.84 Å². The van der Waals surface area contributed by atoms with E-state index in [2.05, 4.69) is 0 Å². The number of aliphatic hydroxyl groups is 1. The van der Waals surface area contributed by atoms with Gasteiger partial charge in [0, 0.05) is 10.9 Å². The van der Waals surface area contributed by atoms with E-state index in [9.17, 15) is 18.3 Å². The number of methoxy groups -OCH3 is 1. The number of rotatable bonds is 4. The smallest absolute Gasteiger partial charge is 0.273 e. The second-order valence-electron chi connectivity index (χ2n) is 7.80. The average Bonchev–Trinajstić information content (AvgIpc) is 3.05. The molecular formula is C25H20N2O5S. The number of nitrogens with two attached hydrogens (primary N) is 1. The molecule has 1 unspecified atom stereocenters. The number of sulfonamides is 1. The number of para-hydroxylation sites is 1. The van der Waals surface area contributed by atoms with Crippen LogP contribution >= 0.6 is 0 Å². The van der Waals surface area contributed by atoms with Crippen LogP contribution < -0.4 is 14.8 Å². The van der Waals surface area contributed by atoms with Crippen molar-refractivity contribution in [2.24, 2.45) is 5.14 Å². The maximum atomic E-state index is 13.8. The number of amides is 1. The Labute approximate surface area is 190 Å². The van der Waals surface area contributed by atoms with E-state index in [-0.39, 0.29) is 10.5 Å². The Hall–Kier alpha value is -3.72. The van der Waals surface area contributed by atoms with Gasteiger partial charge in [0.05, 0.1) is 23.4 Å². The van der Waals surface area contributed by atoms with Crippen LogP contribution in [-0.2, 0) is 20.4 Å². The number of carbonyl (C=O) groups excluding carboxylic acids is 1. The first-order valence-corrected chi connectivity index (χ1v) is 11.7. The summed E-state index contributed by atoms with van der Waals surface area (Å²) in [6, 6.07) is 23.5. The minimum atomic E-state index is -3.91. The first kappa shape index (κ1) is 21.1. The van der Waals surface area contributed by atoms with Crippen molar-refractivity contribution in [2.45, 2.75) is 10.5 Å². The maximum Gasteiger partial charge on any atom is 0.273 e. The molecule has 33 heavy (non-hydrogen) atoms. The molecule has 1 atom stereocenters. The van der Waals surface area contributed by atoms with E-state index in [0.717, 1.165) is 10.8 Å². The minimum absolute atomic E-state index is 0.103. The fraction of sp³-hybridized carbons (Fsp3) is 0.0800. The SMILES string of the molecule is COc1ccc2c(N3C(=O)C(O)(c4ccc(S(N)(=O)=O)cc4)c4ccccc43)cccc2c1. The molecule has 1 aliphatic rings. The molecule has 0 aromatic heterocycles. The van der Waals surface area contributed by atoms with Gasteiger partial charge in [0.2, 0.25) is 10.0 Å². The molecule has 3 N–H and O–H groups in total. The number of primary sulfonamides is 1. The van der Waals surface area contributed by atoms with Crippen LogP contribution in [0.2, 0.25) is 0 Å². The van der Waals surface area contributed by atoms with Crippen LogP contribution in [0.4, 0.5) is 11.4 Å². The zero-order valence-electron chi connectivity index (χ0n) is 17.6. The lowest BCUT2D eigenvalue weighted by Gasteiger charge is -2.24. The topological polar surface area (TPSA) is 110 Å². The Morgan fingerprint density at radius 2 is 1.61 bits per heavy atom. The molecule has 1 amide bonds. The summed E-state index contributed by atoms with van der Waals surface area (Å²) in [5, 5.41) is 18.7. The maximum absolute atomic E-state index is 13.8. The van der Waals surface area contributed by atoms with Gasteiger partial charge in [0.25, 0.3) is 5.91 Å². The van der Waals surface area contributed by atoms with Crippen LogP contribution in [0, 0.1) is 0 Å². The highest BCUT2D eigenvalue weighted by Gasteiger charge is 2.51. The second-order valence-corrected chi connectivity index (χ2v) is 9.36. The molecule has 0 bridgehead atoms. The molecule has 0 aliphatic carbocycles. The van der Waals surface area contributed by atoms with Crippen LogP contribution in [0.25, 0.3) is 10.8 Å². The molecule has 1 heterocycles. The molecule has 5 rings (SSSR count). The van der Waals surface area contributed by atoms with Crippen molar-refractivity contribution in [3.63, 3.8) is 0 Å². The molecule has 0 fully saturated rings. The van der Waals surface area contributed by atoms with E-state index in [4.69, 9.17) is 9.88 Å². The normalized spacial score (nSPS) is 17.9. The molecule has 0 spiro atoms. The molecule has 4 aromatic carbocycles. The van der Waals surface area contributed by atoms with Crippen molar-refractivity contribution >= 4 is 38.1 Å². The van der Waals surface area contributed by atoms with Crippen molar-refractivity contribution in [2.75, 3.05) is 12.0 Å². The van der Waals surface area contributed by atoms with Crippen LogP contribution in [0.3, 0.4) is 0 Å². The number of ether oxygens (including phenoxy) is 1. The summed E-state index contributed by atoms with van der Waals surface area (Å²) in [4.78, 5) is 15.2. The van der Waals surface area contributed by atoms with Gasteiger partial charge in [0.15, 0.2) is 5.60 Å². The van der Waals surface area contributed by atoms with Crippen LogP contribution in [0.15, 0.2) is 89.8 Å². The predicted molar refractivity (Wildman–Crippen MR) is 125 cm³/mol. The second kappa shape index (κ2) is 7.41. The van der Waals surface area contributed by atoms with E-state index in [1.165, 1.54) is 29.2 Å². The zero-order chi connectivity index (χ0) is 23.4. The van der Waals surface area contributed by atoms with E-state index < -0.39 is 21.5 Å².